The second-order valence-corrected chi connectivity index (χ2v) is 11.6. The summed E-state index contributed by atoms with van der Waals surface area (Å²) < 4.78 is 0. The van der Waals surface area contributed by atoms with Crippen LogP contribution in [0.4, 0.5) is 0 Å². The maximum Gasteiger partial charge on any atom is 0.254 e. The first-order chi connectivity index (χ1) is 19.8. The minimum absolute atomic E-state index is 0.138. The van der Waals surface area contributed by atoms with Gasteiger partial charge in [0.05, 0.1) is 36.9 Å². The molecule has 0 saturated carbocycles. The lowest BCUT2D eigenvalue weighted by atomic mass is 10.0. The summed E-state index contributed by atoms with van der Waals surface area (Å²) in [6.45, 7) is 3.34. The van der Waals surface area contributed by atoms with E-state index in [4.69, 9.17) is 51.4 Å². The molecule has 5 rings (SSSR count). The Balaban J connectivity index is 1.37. The topological polar surface area (TPSA) is 74.3 Å². The van der Waals surface area contributed by atoms with Crippen LogP contribution in [-0.2, 0) is 11.2 Å². The zero-order valence-corrected chi connectivity index (χ0v) is 25.1. The molecule has 6 nitrogen and oxygen atoms in total. The summed E-state index contributed by atoms with van der Waals surface area (Å²) in [7, 11) is 0. The van der Waals surface area contributed by atoms with Gasteiger partial charge in [-0.25, -0.2) is 4.98 Å². The fourth-order valence-corrected chi connectivity index (χ4v) is 6.20. The molecule has 2 heterocycles. The van der Waals surface area contributed by atoms with Crippen molar-refractivity contribution in [1.29, 1.82) is 0 Å². The first kappa shape index (κ1) is 29.6. The quantitative estimate of drug-likeness (QED) is 0.208. The second kappa shape index (κ2) is 13.4. The Hall–Kier alpha value is -2.87. The summed E-state index contributed by atoms with van der Waals surface area (Å²) in [6, 6.07) is 18.9. The highest BCUT2D eigenvalue weighted by Gasteiger charge is 2.25. The largest absolute Gasteiger partial charge is 0.353 e. The zero-order chi connectivity index (χ0) is 28.9. The van der Waals surface area contributed by atoms with E-state index in [0.717, 1.165) is 36.1 Å². The Morgan fingerprint density at radius 2 is 1.51 bits per heavy atom. The number of hydrogen-bond acceptors (Lipinski definition) is 4. The molecule has 1 atom stereocenters. The van der Waals surface area contributed by atoms with E-state index in [1.54, 1.807) is 36.4 Å². The van der Waals surface area contributed by atoms with Gasteiger partial charge in [0.15, 0.2) is 0 Å². The number of carbonyl (C=O) groups is 2. The van der Waals surface area contributed by atoms with Crippen molar-refractivity contribution in [3.05, 3.63) is 97.9 Å². The van der Waals surface area contributed by atoms with Gasteiger partial charge < -0.3 is 15.5 Å². The lowest BCUT2D eigenvalue weighted by molar-refractivity contribution is -0.123. The molecule has 0 bridgehead atoms. The zero-order valence-electron chi connectivity index (χ0n) is 22.1. The van der Waals surface area contributed by atoms with E-state index < -0.39 is 11.9 Å². The number of pyridine rings is 1. The minimum atomic E-state index is -0.847. The highest BCUT2D eigenvalue weighted by molar-refractivity contribution is 6.40. The van der Waals surface area contributed by atoms with Gasteiger partial charge in [0.1, 0.15) is 6.04 Å². The van der Waals surface area contributed by atoms with E-state index >= 15 is 0 Å². The predicted molar refractivity (Wildman–Crippen MR) is 167 cm³/mol. The minimum Gasteiger partial charge on any atom is -0.353 e. The van der Waals surface area contributed by atoms with E-state index in [9.17, 15) is 9.59 Å². The lowest BCUT2D eigenvalue weighted by Crippen LogP contribution is -2.49. The number of benzene rings is 3. The predicted octanol–water partition coefficient (Wildman–Crippen LogP) is 7.07. The Bertz CT molecular complexity index is 1550. The third kappa shape index (κ3) is 7.14. The molecule has 0 spiro atoms. The second-order valence-electron chi connectivity index (χ2n) is 9.99. The Labute approximate surface area is 258 Å². The maximum atomic E-state index is 13.3. The average molecular weight is 630 g/mol. The third-order valence-electron chi connectivity index (χ3n) is 7.15. The van der Waals surface area contributed by atoms with Gasteiger partial charge in [0, 0.05) is 30.5 Å². The van der Waals surface area contributed by atoms with Crippen LogP contribution in [0.15, 0.2) is 66.7 Å². The number of likely N-dealkylation sites (tertiary alicyclic amines) is 1. The molecule has 3 aromatic carbocycles. The number of rotatable bonds is 9. The standard InChI is InChI=1S/C31H28Cl4N4O2/c32-21-5-3-6-22(33)28(21)26-12-10-20-17-19(9-11-25(20)37-26)18-27(30(40)36-13-16-39-14-1-2-15-39)38-31(41)29-23(34)7-4-8-24(29)35/h3-12,17,27H,1-2,13-16,18H2,(H,36,40)(H,38,41). The molecular weight excluding hydrogens is 602 g/mol. The fraction of sp³-hybridized carbons (Fsp3) is 0.258. The van der Waals surface area contributed by atoms with Crippen LogP contribution in [0.25, 0.3) is 22.2 Å². The first-order valence-corrected chi connectivity index (χ1v) is 14.9. The van der Waals surface area contributed by atoms with Crippen molar-refractivity contribution < 1.29 is 9.59 Å². The van der Waals surface area contributed by atoms with Crippen molar-refractivity contribution in [3.63, 3.8) is 0 Å². The maximum absolute atomic E-state index is 13.3. The molecule has 1 aliphatic heterocycles. The van der Waals surface area contributed by atoms with Crippen LogP contribution in [-0.4, -0.2) is 53.9 Å². The van der Waals surface area contributed by atoms with Crippen LogP contribution in [0.3, 0.4) is 0 Å². The molecular formula is C31H28Cl4N4O2. The molecule has 2 amide bonds. The average Bonchev–Trinajstić information content (AvgIpc) is 3.46. The van der Waals surface area contributed by atoms with Gasteiger partial charge in [-0.2, -0.15) is 0 Å². The number of aromatic nitrogens is 1. The van der Waals surface area contributed by atoms with Crippen molar-refractivity contribution in [3.8, 4) is 11.3 Å². The van der Waals surface area contributed by atoms with Gasteiger partial charge in [-0.15, -0.1) is 0 Å². The molecule has 1 aliphatic rings. The molecule has 4 aromatic rings. The van der Waals surface area contributed by atoms with Crippen molar-refractivity contribution in [1.82, 2.24) is 20.5 Å². The van der Waals surface area contributed by atoms with Gasteiger partial charge >= 0.3 is 0 Å². The van der Waals surface area contributed by atoms with Crippen molar-refractivity contribution in [2.75, 3.05) is 26.2 Å². The third-order valence-corrected chi connectivity index (χ3v) is 8.41. The van der Waals surface area contributed by atoms with Gasteiger partial charge in [-0.1, -0.05) is 70.7 Å². The highest BCUT2D eigenvalue weighted by Crippen LogP contribution is 2.34. The summed E-state index contributed by atoms with van der Waals surface area (Å²) >= 11 is 25.3. The van der Waals surface area contributed by atoms with Gasteiger partial charge in [-0.3, -0.25) is 9.59 Å². The molecule has 41 heavy (non-hydrogen) atoms. The van der Waals surface area contributed by atoms with Crippen LogP contribution in [0.5, 0.6) is 0 Å². The summed E-state index contributed by atoms with van der Waals surface area (Å²) in [4.78, 5) is 33.6. The Morgan fingerprint density at radius 1 is 0.854 bits per heavy atom. The van der Waals surface area contributed by atoms with Crippen LogP contribution in [0.1, 0.15) is 28.8 Å². The van der Waals surface area contributed by atoms with Gasteiger partial charge in [0.25, 0.3) is 5.91 Å². The number of nitrogens with one attached hydrogen (secondary N) is 2. The molecule has 212 valence electrons. The summed E-state index contributed by atoms with van der Waals surface area (Å²) in [6.07, 6.45) is 2.61. The number of carbonyl (C=O) groups excluding carboxylic acids is 2. The molecule has 1 saturated heterocycles. The summed E-state index contributed by atoms with van der Waals surface area (Å²) in [5.74, 6) is -0.785. The molecule has 2 N–H and O–H groups in total. The van der Waals surface area contributed by atoms with E-state index in [1.807, 2.05) is 30.3 Å². The molecule has 10 heteroatoms. The SMILES string of the molecule is O=C(NC(Cc1ccc2nc(-c3c(Cl)cccc3Cl)ccc2c1)C(=O)NCCN1CCCC1)c1c(Cl)cccc1Cl. The van der Waals surface area contributed by atoms with Crippen LogP contribution in [0.2, 0.25) is 20.1 Å². The van der Waals surface area contributed by atoms with E-state index in [2.05, 4.69) is 15.5 Å². The Kier molecular flexibility index (Phi) is 9.68. The van der Waals surface area contributed by atoms with Crippen molar-refractivity contribution >= 4 is 69.1 Å². The van der Waals surface area contributed by atoms with Crippen LogP contribution in [0, 0.1) is 0 Å². The number of nitrogens with zero attached hydrogens (tertiary/aromatic N) is 2. The number of amides is 2. The van der Waals surface area contributed by atoms with E-state index in [-0.39, 0.29) is 27.9 Å². The van der Waals surface area contributed by atoms with Crippen LogP contribution >= 0.6 is 46.4 Å². The molecule has 1 aromatic heterocycles. The molecule has 0 radical (unpaired) electrons. The van der Waals surface area contributed by atoms with E-state index in [1.165, 1.54) is 12.8 Å². The summed E-state index contributed by atoms with van der Waals surface area (Å²) in [5.41, 5.74) is 3.08. The highest BCUT2D eigenvalue weighted by atomic mass is 35.5. The summed E-state index contributed by atoms with van der Waals surface area (Å²) in [5, 5.41) is 8.20. The monoisotopic (exact) mass is 628 g/mol. The molecule has 1 unspecified atom stereocenters. The first-order valence-electron chi connectivity index (χ1n) is 13.4. The number of hydrogen-bond donors (Lipinski definition) is 2. The number of fused-ring (bicyclic) bond motifs is 1. The van der Waals surface area contributed by atoms with Crippen molar-refractivity contribution in [2.24, 2.45) is 0 Å². The van der Waals surface area contributed by atoms with E-state index in [0.29, 0.717) is 27.8 Å². The molecule has 1 fully saturated rings. The normalized spacial score (nSPS) is 14.2. The number of halogens is 4. The van der Waals surface area contributed by atoms with Crippen LogP contribution < -0.4 is 10.6 Å². The van der Waals surface area contributed by atoms with Crippen molar-refractivity contribution in [2.45, 2.75) is 25.3 Å². The smallest absolute Gasteiger partial charge is 0.254 e. The van der Waals surface area contributed by atoms with Gasteiger partial charge in [-0.05, 0) is 74.0 Å². The lowest BCUT2D eigenvalue weighted by Gasteiger charge is -2.21. The fourth-order valence-electron chi connectivity index (χ4n) is 5.04. The van der Waals surface area contributed by atoms with Gasteiger partial charge in [0.2, 0.25) is 5.91 Å². The Morgan fingerprint density at radius 3 is 2.20 bits per heavy atom. The molecule has 0 aliphatic carbocycles.